The summed E-state index contributed by atoms with van der Waals surface area (Å²) in [5.41, 5.74) is 6.95. The molecule has 0 aromatic heterocycles. The molecule has 0 amide bonds. The highest BCUT2D eigenvalue weighted by Crippen LogP contribution is 2.41. The second kappa shape index (κ2) is 17.2. The number of phenols is 1. The van der Waals surface area contributed by atoms with Crippen LogP contribution >= 0.6 is 12.0 Å². The minimum absolute atomic E-state index is 0.0142. The number of hydrogen-bond acceptors (Lipinski definition) is 13. The average Bonchev–Trinajstić information content (AvgIpc) is 3.07. The van der Waals surface area contributed by atoms with Crippen molar-refractivity contribution in [3.63, 3.8) is 0 Å². The summed E-state index contributed by atoms with van der Waals surface area (Å²) in [4.78, 5) is 5.88. The van der Waals surface area contributed by atoms with Gasteiger partial charge in [0.15, 0.2) is 5.75 Å². The van der Waals surface area contributed by atoms with Gasteiger partial charge in [-0.15, -0.1) is 14.6 Å². The molecule has 0 heterocycles. The van der Waals surface area contributed by atoms with Crippen LogP contribution in [0.25, 0.3) is 21.5 Å². The SMILES string of the molecule is CC.CC.COS(=O)(=O)c1cc(O)c2c(N)c(N=Nc3cccc4cc(CS(=O)(=O)O)cc(OOOSc5ccccc5)c34)ccc2c1. The molecule has 48 heavy (non-hydrogen) atoms. The fraction of sp³-hybridized carbons (Fsp3) is 0.188. The van der Waals surface area contributed by atoms with Crippen LogP contribution in [0.3, 0.4) is 0 Å². The summed E-state index contributed by atoms with van der Waals surface area (Å²) in [6.07, 6.45) is 0. The van der Waals surface area contributed by atoms with E-state index in [4.69, 9.17) is 20.0 Å². The van der Waals surface area contributed by atoms with Gasteiger partial charge in [-0.2, -0.15) is 16.8 Å². The fourth-order valence-corrected chi connectivity index (χ4v) is 6.03. The third kappa shape index (κ3) is 9.63. The number of phenolic OH excluding ortho intramolecular Hbond substituents is 1. The summed E-state index contributed by atoms with van der Waals surface area (Å²) in [6, 6.07) is 22.2. The molecule has 13 nitrogen and oxygen atoms in total. The van der Waals surface area contributed by atoms with Crippen molar-refractivity contribution in [2.45, 2.75) is 43.2 Å². The summed E-state index contributed by atoms with van der Waals surface area (Å²) in [5.74, 6) is -1.07. The summed E-state index contributed by atoms with van der Waals surface area (Å²) in [7, 11) is -7.42. The van der Waals surface area contributed by atoms with Crippen LogP contribution in [0, 0.1) is 0 Å². The van der Waals surface area contributed by atoms with E-state index in [1.54, 1.807) is 30.3 Å². The van der Waals surface area contributed by atoms with Gasteiger partial charge in [0.1, 0.15) is 17.2 Å². The molecule has 0 saturated heterocycles. The Morgan fingerprint density at radius 3 is 2.12 bits per heavy atom. The van der Waals surface area contributed by atoms with Gasteiger partial charge < -0.3 is 15.7 Å². The molecule has 256 valence electrons. The van der Waals surface area contributed by atoms with Crippen LogP contribution in [0.2, 0.25) is 0 Å². The summed E-state index contributed by atoms with van der Waals surface area (Å²) < 4.78 is 66.4. The second-order valence-electron chi connectivity index (χ2n) is 9.17. The van der Waals surface area contributed by atoms with Crippen LogP contribution in [0.15, 0.2) is 105 Å². The Morgan fingerprint density at radius 2 is 1.46 bits per heavy atom. The van der Waals surface area contributed by atoms with Crippen molar-refractivity contribution in [2.75, 3.05) is 12.8 Å². The van der Waals surface area contributed by atoms with Gasteiger partial charge in [0.05, 0.1) is 40.8 Å². The molecule has 0 bridgehead atoms. The highest BCUT2D eigenvalue weighted by Gasteiger charge is 2.19. The Bertz CT molecular complexity index is 2110. The van der Waals surface area contributed by atoms with Crippen molar-refractivity contribution in [3.8, 4) is 11.5 Å². The molecular weight excluding hydrogens is 683 g/mol. The predicted octanol–water partition coefficient (Wildman–Crippen LogP) is 8.42. The Morgan fingerprint density at radius 1 is 0.792 bits per heavy atom. The van der Waals surface area contributed by atoms with E-state index in [0.29, 0.717) is 16.2 Å². The van der Waals surface area contributed by atoms with E-state index >= 15 is 0 Å². The molecular formula is C32H35N3O10S3. The van der Waals surface area contributed by atoms with Gasteiger partial charge in [0.2, 0.25) is 0 Å². The van der Waals surface area contributed by atoms with Crippen LogP contribution in [0.4, 0.5) is 17.1 Å². The molecule has 4 N–H and O–H groups in total. The summed E-state index contributed by atoms with van der Waals surface area (Å²) in [6.45, 7) is 8.00. The second-order valence-corrected chi connectivity index (χ2v) is 13.1. The molecule has 5 aromatic carbocycles. The lowest BCUT2D eigenvalue weighted by molar-refractivity contribution is -0.403. The van der Waals surface area contributed by atoms with Gasteiger partial charge in [0, 0.05) is 16.3 Å². The molecule has 0 aliphatic carbocycles. The van der Waals surface area contributed by atoms with Crippen molar-refractivity contribution < 1.29 is 44.9 Å². The van der Waals surface area contributed by atoms with Gasteiger partial charge in [-0.05, 0) is 63.8 Å². The third-order valence-electron chi connectivity index (χ3n) is 6.21. The Balaban J connectivity index is 0.00000151. The Labute approximate surface area is 283 Å². The standard InChI is InChI=1S/C28H23N3O10S3.2C2H6/c1-38-44(36,37)21-14-19-10-11-23(28(29)27(19)24(32)15-21)31-30-22-9-5-6-18-12-17(16-43(33,34)35)13-25(26(18)22)39-40-41-42-20-7-3-2-4-8-20;2*1-2/h2-15,32H,16,29H2,1H3,(H,33,34,35);2*1-2H3. The van der Waals surface area contributed by atoms with E-state index in [1.165, 1.54) is 30.3 Å². The number of anilines is 1. The molecule has 5 aromatic rings. The lowest BCUT2D eigenvalue weighted by Gasteiger charge is -2.11. The maximum Gasteiger partial charge on any atom is 0.296 e. The number of rotatable bonds is 11. The molecule has 0 spiro atoms. The largest absolute Gasteiger partial charge is 0.507 e. The normalized spacial score (nSPS) is 11.5. The fourth-order valence-electron chi connectivity index (χ4n) is 4.32. The van der Waals surface area contributed by atoms with Crippen LogP contribution in [0.1, 0.15) is 33.3 Å². The van der Waals surface area contributed by atoms with Gasteiger partial charge in [-0.3, -0.25) is 8.74 Å². The first-order valence-corrected chi connectivity index (χ1v) is 18.2. The molecule has 0 aliphatic heterocycles. The summed E-state index contributed by atoms with van der Waals surface area (Å²) >= 11 is 0.878. The first-order chi connectivity index (χ1) is 22.9. The third-order valence-corrected chi connectivity index (χ3v) is 8.75. The van der Waals surface area contributed by atoms with E-state index in [-0.39, 0.29) is 38.7 Å². The highest BCUT2D eigenvalue weighted by molar-refractivity contribution is 7.94. The number of aromatic hydroxyl groups is 1. The van der Waals surface area contributed by atoms with Crippen LogP contribution < -0.4 is 10.6 Å². The maximum atomic E-state index is 12.1. The smallest absolute Gasteiger partial charge is 0.296 e. The molecule has 5 rings (SSSR count). The predicted molar refractivity (Wildman–Crippen MR) is 185 cm³/mol. The van der Waals surface area contributed by atoms with Gasteiger partial charge in [-0.25, -0.2) is 0 Å². The zero-order valence-electron chi connectivity index (χ0n) is 26.6. The van der Waals surface area contributed by atoms with Gasteiger partial charge in [-0.1, -0.05) is 64.1 Å². The van der Waals surface area contributed by atoms with Crippen LogP contribution in [-0.2, 0) is 39.5 Å². The van der Waals surface area contributed by atoms with Crippen LogP contribution in [-0.4, -0.2) is 33.6 Å². The monoisotopic (exact) mass is 717 g/mol. The number of azo groups is 1. The zero-order chi connectivity index (χ0) is 35.5. The van der Waals surface area contributed by atoms with Crippen molar-refractivity contribution in [1.29, 1.82) is 0 Å². The van der Waals surface area contributed by atoms with Crippen molar-refractivity contribution in [1.82, 2.24) is 0 Å². The maximum absolute atomic E-state index is 12.1. The lowest BCUT2D eigenvalue weighted by atomic mass is 10.0. The molecule has 0 fully saturated rings. The molecule has 0 unspecified atom stereocenters. The molecule has 0 atom stereocenters. The molecule has 0 radical (unpaired) electrons. The van der Waals surface area contributed by atoms with E-state index < -0.39 is 31.7 Å². The van der Waals surface area contributed by atoms with Crippen molar-refractivity contribution in [3.05, 3.63) is 90.5 Å². The minimum Gasteiger partial charge on any atom is -0.507 e. The van der Waals surface area contributed by atoms with Gasteiger partial charge >= 0.3 is 0 Å². The van der Waals surface area contributed by atoms with Crippen molar-refractivity contribution in [2.24, 2.45) is 10.2 Å². The van der Waals surface area contributed by atoms with E-state index in [1.807, 2.05) is 45.9 Å². The first kappa shape index (κ1) is 38.2. The Hall–Kier alpha value is -4.29. The summed E-state index contributed by atoms with van der Waals surface area (Å²) in [5, 5.41) is 25.4. The average molecular weight is 718 g/mol. The Kier molecular flexibility index (Phi) is 13.7. The number of nitrogens with two attached hydrogens (primary N) is 1. The number of benzene rings is 5. The van der Waals surface area contributed by atoms with Crippen LogP contribution in [0.5, 0.6) is 11.5 Å². The topological polar surface area (TPSA) is 196 Å². The number of nitrogens with zero attached hydrogens (tertiary/aromatic N) is 2. The van der Waals surface area contributed by atoms with E-state index in [9.17, 15) is 26.5 Å². The quantitative estimate of drug-likeness (QED) is 0.0173. The lowest BCUT2D eigenvalue weighted by Crippen LogP contribution is -2.03. The van der Waals surface area contributed by atoms with Gasteiger partial charge in [0.25, 0.3) is 20.2 Å². The first-order valence-electron chi connectivity index (χ1n) is 14.5. The molecule has 16 heteroatoms. The molecule has 0 saturated carbocycles. The zero-order valence-corrected chi connectivity index (χ0v) is 29.1. The van der Waals surface area contributed by atoms with E-state index in [2.05, 4.69) is 14.4 Å². The number of hydrogen-bond donors (Lipinski definition) is 3. The molecule has 0 aliphatic rings. The minimum atomic E-state index is -4.37. The highest BCUT2D eigenvalue weighted by atomic mass is 32.2. The number of fused-ring (bicyclic) bond motifs is 2. The number of nitrogen functional groups attached to an aromatic ring is 1. The van der Waals surface area contributed by atoms with Crippen molar-refractivity contribution >= 4 is 70.9 Å². The van der Waals surface area contributed by atoms with E-state index in [0.717, 1.165) is 30.1 Å².